The van der Waals surface area contributed by atoms with Crippen LogP contribution in [0.2, 0.25) is 0 Å². The second-order valence-corrected chi connectivity index (χ2v) is 4.16. The summed E-state index contributed by atoms with van der Waals surface area (Å²) in [5, 5.41) is 1.38. The highest BCUT2D eigenvalue weighted by Crippen LogP contribution is 2.11. The van der Waals surface area contributed by atoms with Crippen LogP contribution in [0.1, 0.15) is 15.9 Å². The Kier molecular flexibility index (Phi) is 5.09. The van der Waals surface area contributed by atoms with Crippen molar-refractivity contribution in [2.24, 2.45) is 0 Å². The molecule has 0 aliphatic carbocycles. The Hall–Kier alpha value is -1.62. The molecule has 0 aliphatic rings. The molecule has 1 aromatic carbocycles. The number of amides is 1. The van der Waals surface area contributed by atoms with Crippen molar-refractivity contribution in [3.05, 3.63) is 35.1 Å². The summed E-state index contributed by atoms with van der Waals surface area (Å²) in [6.07, 6.45) is 0. The van der Waals surface area contributed by atoms with E-state index in [1.807, 2.05) is 0 Å². The minimum atomic E-state index is -0.994. The lowest BCUT2D eigenvalue weighted by molar-refractivity contribution is -0.140. The molecule has 1 atom stereocenters. The van der Waals surface area contributed by atoms with Gasteiger partial charge >= 0.3 is 5.97 Å². The van der Waals surface area contributed by atoms with Gasteiger partial charge in [-0.25, -0.2) is 4.39 Å². The van der Waals surface area contributed by atoms with Gasteiger partial charge in [0.25, 0.3) is 5.91 Å². The fraction of sp³-hybridized carbons (Fsp3) is 0.333. The molecular weight excluding hydrogens is 261 g/mol. The zero-order valence-electron chi connectivity index (χ0n) is 10.00. The molecule has 6 heteroatoms. The fourth-order valence-corrected chi connectivity index (χ4v) is 1.48. The lowest BCUT2D eigenvalue weighted by Gasteiger charge is -2.10. The first-order chi connectivity index (χ1) is 8.47. The van der Waals surface area contributed by atoms with Gasteiger partial charge < -0.3 is 10.1 Å². The molecule has 1 rings (SSSR count). The molecule has 4 nitrogen and oxygen atoms in total. The minimum Gasteiger partial charge on any atom is -0.468 e. The predicted molar refractivity (Wildman–Crippen MR) is 65.1 cm³/mol. The molecule has 0 spiro atoms. The van der Waals surface area contributed by atoms with Crippen molar-refractivity contribution in [1.29, 1.82) is 0 Å². The molecule has 0 saturated carbocycles. The van der Waals surface area contributed by atoms with Crippen molar-refractivity contribution in [3.8, 4) is 0 Å². The molecule has 0 aromatic heterocycles. The van der Waals surface area contributed by atoms with Gasteiger partial charge in [-0.3, -0.25) is 9.59 Å². The molecule has 0 aliphatic heterocycles. The number of ether oxygens (including phenoxy) is 1. The van der Waals surface area contributed by atoms with E-state index in [-0.39, 0.29) is 12.1 Å². The van der Waals surface area contributed by atoms with Crippen molar-refractivity contribution < 1.29 is 18.7 Å². The maximum Gasteiger partial charge on any atom is 0.325 e. The average molecular weight is 274 g/mol. The van der Waals surface area contributed by atoms with E-state index >= 15 is 0 Å². The lowest BCUT2D eigenvalue weighted by atomic mass is 10.1. The van der Waals surface area contributed by atoms with Gasteiger partial charge in [-0.15, -0.1) is 11.6 Å². The van der Waals surface area contributed by atoms with Crippen molar-refractivity contribution in [2.45, 2.75) is 12.3 Å². The van der Waals surface area contributed by atoms with Crippen molar-refractivity contribution in [2.75, 3.05) is 13.7 Å². The van der Waals surface area contributed by atoms with E-state index in [0.29, 0.717) is 5.56 Å². The predicted octanol–water partition coefficient (Wildman–Crippen LogP) is 1.64. The molecule has 18 heavy (non-hydrogen) atoms. The molecule has 1 N–H and O–H groups in total. The van der Waals surface area contributed by atoms with Crippen LogP contribution < -0.4 is 5.32 Å². The van der Waals surface area contributed by atoms with Crippen molar-refractivity contribution >= 4 is 23.5 Å². The third kappa shape index (κ3) is 3.43. The molecule has 1 aromatic rings. The van der Waals surface area contributed by atoms with Crippen LogP contribution in [0.5, 0.6) is 0 Å². The highest BCUT2D eigenvalue weighted by molar-refractivity contribution is 6.30. The first-order valence-electron chi connectivity index (χ1n) is 5.22. The molecule has 1 unspecified atom stereocenters. The number of rotatable bonds is 4. The first kappa shape index (κ1) is 14.4. The highest BCUT2D eigenvalue weighted by Gasteiger charge is 2.18. The average Bonchev–Trinajstić information content (AvgIpc) is 2.37. The summed E-state index contributed by atoms with van der Waals surface area (Å²) in [4.78, 5) is 22.7. The Morgan fingerprint density at radius 2 is 2.17 bits per heavy atom. The lowest BCUT2D eigenvalue weighted by Crippen LogP contribution is -2.34. The van der Waals surface area contributed by atoms with Gasteiger partial charge in [-0.05, 0) is 18.6 Å². The highest BCUT2D eigenvalue weighted by atomic mass is 35.5. The summed E-state index contributed by atoms with van der Waals surface area (Å²) in [6, 6.07) is 4.50. The van der Waals surface area contributed by atoms with Crippen LogP contribution in [0.25, 0.3) is 0 Å². The second-order valence-electron chi connectivity index (χ2n) is 3.64. The summed E-state index contributed by atoms with van der Waals surface area (Å²) in [7, 11) is 1.19. The van der Waals surface area contributed by atoms with Crippen LogP contribution in [-0.4, -0.2) is 30.9 Å². The van der Waals surface area contributed by atoms with Gasteiger partial charge in [0.1, 0.15) is 11.2 Å². The van der Waals surface area contributed by atoms with Crippen molar-refractivity contribution in [1.82, 2.24) is 5.32 Å². The monoisotopic (exact) mass is 273 g/mol. The van der Waals surface area contributed by atoms with Gasteiger partial charge in [0, 0.05) is 6.54 Å². The van der Waals surface area contributed by atoms with Gasteiger partial charge in [-0.2, -0.15) is 0 Å². The maximum absolute atomic E-state index is 13.6. The fourth-order valence-electron chi connectivity index (χ4n) is 1.31. The molecule has 0 bridgehead atoms. The summed E-state index contributed by atoms with van der Waals surface area (Å²) < 4.78 is 18.0. The Labute approximate surface area is 109 Å². The number of halogens is 2. The molecule has 0 heterocycles. The van der Waals surface area contributed by atoms with Crippen molar-refractivity contribution in [3.63, 3.8) is 0 Å². The largest absolute Gasteiger partial charge is 0.468 e. The van der Waals surface area contributed by atoms with Crippen LogP contribution in [0.4, 0.5) is 4.39 Å². The number of alkyl halides is 1. The summed E-state index contributed by atoms with van der Waals surface area (Å²) in [5.41, 5.74) is 0.293. The normalized spacial score (nSPS) is 11.8. The third-order valence-electron chi connectivity index (χ3n) is 2.34. The smallest absolute Gasteiger partial charge is 0.325 e. The summed E-state index contributed by atoms with van der Waals surface area (Å²) in [6.45, 7) is 1.44. The Balaban J connectivity index is 2.66. The number of carbonyl (C=O) groups is 2. The van der Waals surface area contributed by atoms with E-state index in [1.54, 1.807) is 19.1 Å². The van der Waals surface area contributed by atoms with Crippen LogP contribution in [0, 0.1) is 12.7 Å². The molecule has 98 valence electrons. The van der Waals surface area contributed by atoms with Crippen LogP contribution in [-0.2, 0) is 9.53 Å². The van der Waals surface area contributed by atoms with Crippen LogP contribution in [0.15, 0.2) is 18.2 Å². The number of aryl methyl sites for hydroxylation is 1. The van der Waals surface area contributed by atoms with Crippen LogP contribution >= 0.6 is 11.6 Å². The first-order valence-corrected chi connectivity index (χ1v) is 5.66. The molecule has 0 fully saturated rings. The number of methoxy groups -OCH3 is 1. The van der Waals surface area contributed by atoms with E-state index in [2.05, 4.69) is 10.1 Å². The van der Waals surface area contributed by atoms with Gasteiger partial charge in [0.05, 0.1) is 12.7 Å². The van der Waals surface area contributed by atoms with E-state index < -0.39 is 23.1 Å². The van der Waals surface area contributed by atoms with Gasteiger partial charge in [0.15, 0.2) is 0 Å². The van der Waals surface area contributed by atoms with Crippen LogP contribution in [0.3, 0.4) is 0 Å². The van der Waals surface area contributed by atoms with E-state index in [9.17, 15) is 14.0 Å². The molecule has 1 amide bonds. The van der Waals surface area contributed by atoms with E-state index in [1.165, 1.54) is 13.2 Å². The number of hydrogen-bond donors (Lipinski definition) is 1. The number of esters is 1. The molecular formula is C12H13ClFNO3. The van der Waals surface area contributed by atoms with E-state index in [4.69, 9.17) is 11.6 Å². The molecule has 0 radical (unpaired) electrons. The molecule has 0 saturated heterocycles. The standard InChI is InChI=1S/C12H13ClFNO3/c1-7-4-3-5-8(10(7)14)11(16)15-6-9(13)12(17)18-2/h3-5,9H,6H2,1-2H3,(H,15,16). The zero-order chi connectivity index (χ0) is 13.7. The SMILES string of the molecule is COC(=O)C(Cl)CNC(=O)c1cccc(C)c1F. The summed E-state index contributed by atoms with van der Waals surface area (Å²) >= 11 is 5.65. The second kappa shape index (κ2) is 6.35. The number of hydrogen-bond acceptors (Lipinski definition) is 3. The Morgan fingerprint density at radius 1 is 1.50 bits per heavy atom. The maximum atomic E-state index is 13.6. The van der Waals surface area contributed by atoms with Gasteiger partial charge in [-0.1, -0.05) is 12.1 Å². The topological polar surface area (TPSA) is 55.4 Å². The third-order valence-corrected chi connectivity index (χ3v) is 2.67. The zero-order valence-corrected chi connectivity index (χ0v) is 10.8. The quantitative estimate of drug-likeness (QED) is 0.670. The Morgan fingerprint density at radius 3 is 2.78 bits per heavy atom. The van der Waals surface area contributed by atoms with Gasteiger partial charge in [0.2, 0.25) is 0 Å². The minimum absolute atomic E-state index is 0.0799. The number of nitrogens with one attached hydrogen (secondary N) is 1. The number of carbonyl (C=O) groups excluding carboxylic acids is 2. The number of benzene rings is 1. The van der Waals surface area contributed by atoms with E-state index in [0.717, 1.165) is 0 Å². The Bertz CT molecular complexity index is 465. The summed E-state index contributed by atoms with van der Waals surface area (Å²) in [5.74, 6) is -1.85.